The van der Waals surface area contributed by atoms with Gasteiger partial charge in [-0.1, -0.05) is 47.1 Å². The second-order valence-corrected chi connectivity index (χ2v) is 14.1. The first-order valence-corrected chi connectivity index (χ1v) is 13.6. The largest absolute Gasteiger partial charge is 0.469 e. The fourth-order valence-corrected chi connectivity index (χ4v) is 9.99. The molecule has 8 atom stereocenters. The Kier molecular flexibility index (Phi) is 5.20. The quantitative estimate of drug-likeness (QED) is 0.423. The Hall–Kier alpha value is -1.45. The van der Waals surface area contributed by atoms with Gasteiger partial charge in [0.2, 0.25) is 0 Å². The zero-order chi connectivity index (χ0) is 24.9. The van der Waals surface area contributed by atoms with E-state index in [1.54, 1.807) is 0 Å². The number of ketones is 2. The van der Waals surface area contributed by atoms with Crippen molar-refractivity contribution in [2.75, 3.05) is 7.11 Å². The number of ether oxygens (including phenoxy) is 1. The molecular weight excluding hydrogens is 424 g/mol. The molecule has 0 radical (unpaired) electrons. The molecule has 0 aromatic rings. The normalized spacial score (nSPS) is 49.7. The molecule has 34 heavy (non-hydrogen) atoms. The summed E-state index contributed by atoms with van der Waals surface area (Å²) in [5.74, 6) is 0.811. The number of carbonyl (C=O) groups is 3. The lowest BCUT2D eigenvalue weighted by Gasteiger charge is -2.68. The zero-order valence-corrected chi connectivity index (χ0v) is 22.4. The van der Waals surface area contributed by atoms with Gasteiger partial charge >= 0.3 is 5.97 Å². The summed E-state index contributed by atoms with van der Waals surface area (Å²) < 4.78 is 5.41. The van der Waals surface area contributed by atoms with Crippen LogP contribution in [-0.2, 0) is 19.1 Å². The van der Waals surface area contributed by atoms with E-state index < -0.39 is 5.41 Å². The van der Waals surface area contributed by atoms with Gasteiger partial charge in [0.1, 0.15) is 5.78 Å². The first kappa shape index (κ1) is 24.3. The lowest BCUT2D eigenvalue weighted by Crippen LogP contribution is -2.65. The van der Waals surface area contributed by atoms with Gasteiger partial charge in [-0.15, -0.1) is 0 Å². The first-order chi connectivity index (χ1) is 15.8. The Balaban J connectivity index is 1.65. The van der Waals surface area contributed by atoms with Crippen LogP contribution in [-0.4, -0.2) is 24.6 Å². The van der Waals surface area contributed by atoms with Crippen molar-refractivity contribution in [1.29, 1.82) is 0 Å². The molecule has 4 fully saturated rings. The highest BCUT2D eigenvalue weighted by molar-refractivity contribution is 5.96. The molecule has 0 heterocycles. The molecule has 4 saturated carbocycles. The van der Waals surface area contributed by atoms with Gasteiger partial charge in [0.15, 0.2) is 5.78 Å². The number of carbonyl (C=O) groups excluding carboxylic acids is 3. The highest BCUT2D eigenvalue weighted by atomic mass is 16.5. The molecule has 4 nitrogen and oxygen atoms in total. The predicted molar refractivity (Wildman–Crippen MR) is 132 cm³/mol. The van der Waals surface area contributed by atoms with Crippen molar-refractivity contribution in [2.45, 2.75) is 99.3 Å². The van der Waals surface area contributed by atoms with E-state index in [1.165, 1.54) is 12.7 Å². The Morgan fingerprint density at radius 2 is 1.62 bits per heavy atom. The van der Waals surface area contributed by atoms with Crippen molar-refractivity contribution in [2.24, 2.45) is 50.7 Å². The molecule has 0 N–H and O–H groups in total. The van der Waals surface area contributed by atoms with Crippen LogP contribution >= 0.6 is 0 Å². The van der Waals surface area contributed by atoms with Crippen molar-refractivity contribution in [3.63, 3.8) is 0 Å². The summed E-state index contributed by atoms with van der Waals surface area (Å²) in [6.45, 7) is 13.8. The summed E-state index contributed by atoms with van der Waals surface area (Å²) in [7, 11) is 1.51. The molecule has 0 aliphatic heterocycles. The number of allylic oxidation sites excluding steroid dienone is 2. The predicted octanol–water partition coefficient (Wildman–Crippen LogP) is 6.32. The Bertz CT molecular complexity index is 976. The Morgan fingerprint density at radius 3 is 2.29 bits per heavy atom. The molecule has 5 aliphatic carbocycles. The van der Waals surface area contributed by atoms with Gasteiger partial charge in [-0.3, -0.25) is 14.4 Å². The summed E-state index contributed by atoms with van der Waals surface area (Å²) in [5.41, 5.74) is 0.559. The third-order valence-corrected chi connectivity index (χ3v) is 12.3. The van der Waals surface area contributed by atoms with Crippen molar-refractivity contribution >= 4 is 17.5 Å². The topological polar surface area (TPSA) is 60.4 Å². The molecular formula is C30H44O4. The van der Waals surface area contributed by atoms with Crippen molar-refractivity contribution in [3.05, 3.63) is 11.6 Å². The summed E-state index contributed by atoms with van der Waals surface area (Å²) in [6, 6.07) is 0. The summed E-state index contributed by atoms with van der Waals surface area (Å²) in [4.78, 5) is 40.1. The lowest BCUT2D eigenvalue weighted by molar-refractivity contribution is -0.191. The summed E-state index contributed by atoms with van der Waals surface area (Å²) in [5, 5.41) is 0. The van der Waals surface area contributed by atoms with Crippen molar-refractivity contribution in [3.8, 4) is 0 Å². The average Bonchev–Trinajstić information content (AvgIpc) is 2.77. The van der Waals surface area contributed by atoms with Crippen LogP contribution in [0.5, 0.6) is 0 Å². The van der Waals surface area contributed by atoms with E-state index in [4.69, 9.17) is 4.74 Å². The van der Waals surface area contributed by atoms with Crippen LogP contribution in [0.15, 0.2) is 11.6 Å². The molecule has 188 valence electrons. The fourth-order valence-electron chi connectivity index (χ4n) is 9.99. The van der Waals surface area contributed by atoms with Gasteiger partial charge in [-0.25, -0.2) is 0 Å². The van der Waals surface area contributed by atoms with E-state index in [1.807, 2.05) is 6.08 Å². The van der Waals surface area contributed by atoms with Gasteiger partial charge in [0.05, 0.1) is 12.5 Å². The molecule has 0 aromatic heterocycles. The van der Waals surface area contributed by atoms with Crippen LogP contribution in [0.25, 0.3) is 0 Å². The maximum absolute atomic E-state index is 14.2. The third-order valence-electron chi connectivity index (χ3n) is 12.3. The molecule has 4 heteroatoms. The van der Waals surface area contributed by atoms with Gasteiger partial charge in [0, 0.05) is 18.3 Å². The minimum absolute atomic E-state index is 0.0296. The second-order valence-electron chi connectivity index (χ2n) is 14.1. The monoisotopic (exact) mass is 468 g/mol. The maximum atomic E-state index is 14.2. The van der Waals surface area contributed by atoms with Crippen LogP contribution in [0.2, 0.25) is 0 Å². The molecule has 0 bridgehead atoms. The number of methoxy groups -OCH3 is 1. The molecule has 0 amide bonds. The van der Waals surface area contributed by atoms with Crippen LogP contribution < -0.4 is 0 Å². The molecule has 5 aliphatic rings. The van der Waals surface area contributed by atoms with Crippen LogP contribution in [0.1, 0.15) is 99.3 Å². The van der Waals surface area contributed by atoms with Crippen LogP contribution in [0, 0.1) is 50.7 Å². The van der Waals surface area contributed by atoms with E-state index in [0.29, 0.717) is 18.1 Å². The van der Waals surface area contributed by atoms with E-state index in [-0.39, 0.29) is 51.2 Å². The van der Waals surface area contributed by atoms with Crippen LogP contribution in [0.4, 0.5) is 0 Å². The summed E-state index contributed by atoms with van der Waals surface area (Å²) >= 11 is 0. The zero-order valence-electron chi connectivity index (χ0n) is 22.4. The Morgan fingerprint density at radius 1 is 0.941 bits per heavy atom. The van der Waals surface area contributed by atoms with Gasteiger partial charge in [-0.2, -0.15) is 0 Å². The highest BCUT2D eigenvalue weighted by Gasteiger charge is 2.70. The Labute approximate surface area is 205 Å². The summed E-state index contributed by atoms with van der Waals surface area (Å²) in [6.07, 6.45) is 10.0. The number of esters is 1. The number of Topliss-reactive ketones (excluding diaryl/α,β-unsaturated/α-hetero) is 1. The standard InChI is InChI=1S/C30H44O4/c1-18-19-8-11-28(5)23(27(19,4)10-9-21(18)31)16-22(32)24-20-17-26(2,3)12-14-30(20,25(33)34-7)15-13-29(24,28)6/h16,18-20,24H,8-15,17H2,1-7H3/t18-,19-,20?,24?,27-,28+,29+,30-/m0/s1. The average molecular weight is 469 g/mol. The van der Waals surface area contributed by atoms with Gasteiger partial charge < -0.3 is 4.74 Å². The van der Waals surface area contributed by atoms with E-state index in [0.717, 1.165) is 51.4 Å². The fraction of sp³-hybridized carbons (Fsp3) is 0.833. The third kappa shape index (κ3) is 2.86. The smallest absolute Gasteiger partial charge is 0.312 e. The SMILES string of the molecule is COC(=O)[C@]12CCC(C)(C)CC1C1C(=O)C=C3[C@@]4(C)CCC(=O)[C@@H](C)[C@@H]4CC[C@@]3(C)[C@]1(C)CC2. The maximum Gasteiger partial charge on any atom is 0.312 e. The first-order valence-electron chi connectivity index (χ1n) is 13.6. The van der Waals surface area contributed by atoms with Gasteiger partial charge in [0.25, 0.3) is 0 Å². The molecule has 0 spiro atoms. The molecule has 5 rings (SSSR count). The lowest BCUT2D eigenvalue weighted by atomic mass is 9.34. The molecule has 0 saturated heterocycles. The minimum atomic E-state index is -0.529. The number of hydrogen-bond acceptors (Lipinski definition) is 4. The molecule has 0 aromatic carbocycles. The van der Waals surface area contributed by atoms with Gasteiger partial charge in [-0.05, 0) is 90.9 Å². The van der Waals surface area contributed by atoms with E-state index in [9.17, 15) is 14.4 Å². The number of fused-ring (bicyclic) bond motifs is 7. The van der Waals surface area contributed by atoms with E-state index in [2.05, 4.69) is 41.5 Å². The van der Waals surface area contributed by atoms with Crippen molar-refractivity contribution in [1.82, 2.24) is 0 Å². The number of rotatable bonds is 1. The van der Waals surface area contributed by atoms with E-state index >= 15 is 0 Å². The highest BCUT2D eigenvalue weighted by Crippen LogP contribution is 2.74. The number of hydrogen-bond donors (Lipinski definition) is 0. The second kappa shape index (κ2) is 7.29. The minimum Gasteiger partial charge on any atom is -0.469 e. The van der Waals surface area contributed by atoms with Crippen molar-refractivity contribution < 1.29 is 19.1 Å². The van der Waals surface area contributed by atoms with Crippen LogP contribution in [0.3, 0.4) is 0 Å². The molecule has 2 unspecified atom stereocenters.